The molecular weight excluding hydrogens is 390 g/mol. The Hall–Kier alpha value is -4.01. The minimum atomic E-state index is 0.513. The van der Waals surface area contributed by atoms with Crippen molar-refractivity contribution in [1.29, 1.82) is 0 Å². The molecule has 156 valence electrons. The molecule has 9 nitrogen and oxygen atoms in total. The molecule has 31 heavy (non-hydrogen) atoms. The molecule has 9 heteroatoms. The van der Waals surface area contributed by atoms with Gasteiger partial charge in [-0.1, -0.05) is 25.1 Å². The zero-order valence-corrected chi connectivity index (χ0v) is 17.5. The third kappa shape index (κ3) is 4.02. The molecule has 0 unspecified atom stereocenters. The number of nitrogens with one attached hydrogen (secondary N) is 1. The maximum Gasteiger partial charge on any atom is 0.229 e. The molecule has 0 aliphatic carbocycles. The summed E-state index contributed by atoms with van der Waals surface area (Å²) in [6.07, 6.45) is 12.3. The van der Waals surface area contributed by atoms with E-state index in [0.717, 1.165) is 46.4 Å². The maximum atomic E-state index is 4.67. The highest BCUT2D eigenvalue weighted by atomic mass is 15.3. The molecule has 0 spiro atoms. The van der Waals surface area contributed by atoms with Crippen LogP contribution in [0, 0.1) is 0 Å². The van der Waals surface area contributed by atoms with Crippen molar-refractivity contribution in [2.75, 3.05) is 5.32 Å². The summed E-state index contributed by atoms with van der Waals surface area (Å²) in [5, 5.41) is 17.2. The van der Waals surface area contributed by atoms with E-state index in [1.165, 1.54) is 0 Å². The molecule has 0 amide bonds. The van der Waals surface area contributed by atoms with Gasteiger partial charge in [0, 0.05) is 37.7 Å². The van der Waals surface area contributed by atoms with Crippen molar-refractivity contribution in [2.45, 2.75) is 26.4 Å². The normalized spacial score (nSPS) is 11.3. The van der Waals surface area contributed by atoms with Gasteiger partial charge in [-0.15, -0.1) is 0 Å². The van der Waals surface area contributed by atoms with Crippen molar-refractivity contribution in [3.05, 3.63) is 67.0 Å². The van der Waals surface area contributed by atoms with Crippen molar-refractivity contribution < 1.29 is 0 Å². The molecule has 0 fully saturated rings. The number of aromatic nitrogens is 8. The minimum absolute atomic E-state index is 0.513. The molecule has 4 aromatic heterocycles. The molecule has 0 saturated carbocycles. The van der Waals surface area contributed by atoms with Gasteiger partial charge in [0.05, 0.1) is 36.2 Å². The fourth-order valence-corrected chi connectivity index (χ4v) is 3.54. The summed E-state index contributed by atoms with van der Waals surface area (Å²) in [5.41, 5.74) is 5.02. The lowest BCUT2D eigenvalue weighted by atomic mass is 10.1. The lowest BCUT2D eigenvalue weighted by Gasteiger charge is -2.07. The van der Waals surface area contributed by atoms with Crippen molar-refractivity contribution in [3.8, 4) is 11.1 Å². The number of fused-ring (bicyclic) bond motifs is 1. The summed E-state index contributed by atoms with van der Waals surface area (Å²) in [7, 11) is 1.87. The third-order valence-electron chi connectivity index (χ3n) is 5.02. The van der Waals surface area contributed by atoms with Gasteiger partial charge in [-0.3, -0.25) is 9.36 Å². The number of anilines is 2. The molecule has 0 radical (unpaired) electrons. The summed E-state index contributed by atoms with van der Waals surface area (Å²) >= 11 is 0. The van der Waals surface area contributed by atoms with Gasteiger partial charge in [0.2, 0.25) is 5.95 Å². The lowest BCUT2D eigenvalue weighted by molar-refractivity contribution is 0.603. The number of benzene rings is 1. The largest absolute Gasteiger partial charge is 0.321 e. The molecule has 0 saturated heterocycles. The SMILES string of the molecule is CCCn1cc(-c2cccc(Cn3ncc4cnc(Nc5cnn(C)c5)nc43)c2)cn1. The first kappa shape index (κ1) is 19.0. The lowest BCUT2D eigenvalue weighted by Crippen LogP contribution is -2.04. The third-order valence-corrected chi connectivity index (χ3v) is 5.02. The quantitative estimate of drug-likeness (QED) is 0.438. The maximum absolute atomic E-state index is 4.67. The summed E-state index contributed by atoms with van der Waals surface area (Å²) < 4.78 is 5.60. The first-order valence-corrected chi connectivity index (χ1v) is 10.2. The molecule has 4 heterocycles. The van der Waals surface area contributed by atoms with Crippen molar-refractivity contribution >= 4 is 22.7 Å². The average molecular weight is 413 g/mol. The van der Waals surface area contributed by atoms with Crippen LogP contribution in [0.2, 0.25) is 0 Å². The van der Waals surface area contributed by atoms with Gasteiger partial charge in [-0.05, 0) is 23.6 Å². The monoisotopic (exact) mass is 413 g/mol. The highest BCUT2D eigenvalue weighted by Gasteiger charge is 2.09. The van der Waals surface area contributed by atoms with Crippen molar-refractivity contribution in [2.24, 2.45) is 7.05 Å². The highest BCUT2D eigenvalue weighted by Crippen LogP contribution is 2.22. The Morgan fingerprint density at radius 2 is 1.90 bits per heavy atom. The molecule has 0 aliphatic rings. The van der Waals surface area contributed by atoms with E-state index in [0.29, 0.717) is 12.5 Å². The van der Waals surface area contributed by atoms with Gasteiger partial charge in [0.25, 0.3) is 0 Å². The van der Waals surface area contributed by atoms with Gasteiger partial charge in [-0.2, -0.15) is 20.3 Å². The van der Waals surface area contributed by atoms with E-state index in [2.05, 4.69) is 68.0 Å². The Labute approximate surface area is 179 Å². The predicted octanol–water partition coefficient (Wildman–Crippen LogP) is 3.63. The standard InChI is InChI=1S/C22H23N9/c1-3-7-30-14-19(11-25-30)17-6-4-5-16(8-17)13-31-21-18(10-26-31)9-23-22(28-21)27-20-12-24-29(2)15-20/h4-6,8-12,14-15H,3,7,13H2,1-2H3,(H,23,27,28). The summed E-state index contributed by atoms with van der Waals surface area (Å²) in [6, 6.07) is 8.45. The first-order chi connectivity index (χ1) is 15.2. The molecular formula is C22H23N9. The van der Waals surface area contributed by atoms with Crippen LogP contribution in [0.3, 0.4) is 0 Å². The summed E-state index contributed by atoms with van der Waals surface area (Å²) in [6.45, 7) is 3.69. The second kappa shape index (κ2) is 8.02. The number of rotatable bonds is 7. The van der Waals surface area contributed by atoms with E-state index in [9.17, 15) is 0 Å². The number of aryl methyl sites for hydroxylation is 2. The predicted molar refractivity (Wildman–Crippen MR) is 119 cm³/mol. The van der Waals surface area contributed by atoms with Crippen LogP contribution >= 0.6 is 0 Å². The molecule has 5 aromatic rings. The molecule has 0 bridgehead atoms. The van der Waals surface area contributed by atoms with E-state index >= 15 is 0 Å². The van der Waals surface area contributed by atoms with Gasteiger partial charge in [-0.25, -0.2) is 9.67 Å². The Balaban J connectivity index is 1.40. The number of hydrogen-bond acceptors (Lipinski definition) is 6. The van der Waals surface area contributed by atoms with Crippen LogP contribution in [0.15, 0.2) is 61.4 Å². The highest BCUT2D eigenvalue weighted by molar-refractivity contribution is 5.75. The van der Waals surface area contributed by atoms with E-state index in [1.807, 2.05) is 28.8 Å². The molecule has 1 aromatic carbocycles. The van der Waals surface area contributed by atoms with Crippen molar-refractivity contribution in [1.82, 2.24) is 39.3 Å². The first-order valence-electron chi connectivity index (χ1n) is 10.2. The van der Waals surface area contributed by atoms with Crippen LogP contribution in [0.5, 0.6) is 0 Å². The summed E-state index contributed by atoms with van der Waals surface area (Å²) in [4.78, 5) is 9.05. The van der Waals surface area contributed by atoms with Gasteiger partial charge >= 0.3 is 0 Å². The zero-order valence-electron chi connectivity index (χ0n) is 17.5. The van der Waals surface area contributed by atoms with E-state index in [1.54, 1.807) is 23.3 Å². The fourth-order valence-electron chi connectivity index (χ4n) is 3.54. The fraction of sp³-hybridized carbons (Fsp3) is 0.227. The average Bonchev–Trinajstić information content (AvgIpc) is 3.50. The van der Waals surface area contributed by atoms with Crippen LogP contribution in [-0.4, -0.2) is 39.3 Å². The second-order valence-corrected chi connectivity index (χ2v) is 7.49. The topological polar surface area (TPSA) is 91.3 Å². The molecule has 0 atom stereocenters. The second-order valence-electron chi connectivity index (χ2n) is 7.49. The Kier molecular flexibility index (Phi) is 4.91. The van der Waals surface area contributed by atoms with Crippen LogP contribution < -0.4 is 5.32 Å². The van der Waals surface area contributed by atoms with Crippen LogP contribution in [0.25, 0.3) is 22.2 Å². The van der Waals surface area contributed by atoms with Crippen LogP contribution in [0.4, 0.5) is 11.6 Å². The van der Waals surface area contributed by atoms with Gasteiger partial charge in [0.1, 0.15) is 0 Å². The van der Waals surface area contributed by atoms with Crippen molar-refractivity contribution in [3.63, 3.8) is 0 Å². The Morgan fingerprint density at radius 3 is 2.74 bits per heavy atom. The van der Waals surface area contributed by atoms with E-state index in [4.69, 9.17) is 0 Å². The van der Waals surface area contributed by atoms with Gasteiger partial charge < -0.3 is 5.32 Å². The molecule has 1 N–H and O–H groups in total. The zero-order chi connectivity index (χ0) is 21.2. The Morgan fingerprint density at radius 1 is 0.968 bits per heavy atom. The van der Waals surface area contributed by atoms with E-state index < -0.39 is 0 Å². The molecule has 0 aliphatic heterocycles. The van der Waals surface area contributed by atoms with Crippen LogP contribution in [-0.2, 0) is 20.1 Å². The summed E-state index contributed by atoms with van der Waals surface area (Å²) in [5.74, 6) is 0.513. The van der Waals surface area contributed by atoms with E-state index in [-0.39, 0.29) is 0 Å². The van der Waals surface area contributed by atoms with Crippen LogP contribution in [0.1, 0.15) is 18.9 Å². The smallest absolute Gasteiger partial charge is 0.229 e. The van der Waals surface area contributed by atoms with Gasteiger partial charge in [0.15, 0.2) is 5.65 Å². The molecule has 5 rings (SSSR count). The minimum Gasteiger partial charge on any atom is -0.321 e. The number of nitrogens with zero attached hydrogens (tertiary/aromatic N) is 8. The number of hydrogen-bond donors (Lipinski definition) is 1. The Bertz CT molecular complexity index is 1330.